The maximum atomic E-state index is 12.9. The lowest BCUT2D eigenvalue weighted by atomic mass is 10.00. The summed E-state index contributed by atoms with van der Waals surface area (Å²) >= 11 is 1.33. The van der Waals surface area contributed by atoms with Gasteiger partial charge in [-0.1, -0.05) is 42.5 Å². The number of hydrogen-bond donors (Lipinski definition) is 2. The van der Waals surface area contributed by atoms with Gasteiger partial charge in [0.25, 0.3) is 0 Å². The van der Waals surface area contributed by atoms with Gasteiger partial charge in [-0.2, -0.15) is 0 Å². The number of nitrogens with one attached hydrogen (secondary N) is 1. The summed E-state index contributed by atoms with van der Waals surface area (Å²) in [6.07, 6.45) is 2.09. The first-order chi connectivity index (χ1) is 14.6. The molecule has 154 valence electrons. The van der Waals surface area contributed by atoms with E-state index in [-0.39, 0.29) is 30.2 Å². The third kappa shape index (κ3) is 4.58. The van der Waals surface area contributed by atoms with Crippen LogP contribution in [0.3, 0.4) is 0 Å². The summed E-state index contributed by atoms with van der Waals surface area (Å²) in [6.45, 7) is 1.91. The van der Waals surface area contributed by atoms with Crippen LogP contribution in [0.4, 0.5) is 5.69 Å². The van der Waals surface area contributed by atoms with E-state index in [0.29, 0.717) is 5.69 Å². The molecule has 2 amide bonds. The van der Waals surface area contributed by atoms with E-state index in [4.69, 9.17) is 5.73 Å². The number of primary amides is 1. The lowest BCUT2D eigenvalue weighted by molar-refractivity contribution is -0.118. The van der Waals surface area contributed by atoms with E-state index in [1.165, 1.54) is 23.0 Å². The Hall–Kier alpha value is -3.03. The number of carbonyl (C=O) groups is 2. The molecule has 4 rings (SSSR count). The molecule has 7 heteroatoms. The van der Waals surface area contributed by atoms with Crippen molar-refractivity contribution in [3.8, 4) is 0 Å². The lowest BCUT2D eigenvalue weighted by Crippen LogP contribution is -2.42. The highest BCUT2D eigenvalue weighted by Gasteiger charge is 2.30. The van der Waals surface area contributed by atoms with E-state index in [1.54, 1.807) is 0 Å². The Morgan fingerprint density at radius 3 is 2.57 bits per heavy atom. The first-order valence-electron chi connectivity index (χ1n) is 9.86. The van der Waals surface area contributed by atoms with Crippen molar-refractivity contribution < 1.29 is 9.59 Å². The van der Waals surface area contributed by atoms with Crippen molar-refractivity contribution in [2.75, 3.05) is 24.2 Å². The summed E-state index contributed by atoms with van der Waals surface area (Å²) in [5, 5.41) is 3.01. The number of carbonyl (C=O) groups excluding carboxylic acids is 2. The quantitative estimate of drug-likeness (QED) is 0.576. The largest absolute Gasteiger partial charge is 0.369 e. The van der Waals surface area contributed by atoms with Crippen LogP contribution in [0.15, 0.2) is 77.8 Å². The van der Waals surface area contributed by atoms with Crippen LogP contribution in [0.2, 0.25) is 0 Å². The molecule has 0 saturated carbocycles. The molecule has 0 radical (unpaired) electrons. The fraction of sp³-hybridized carbons (Fsp3) is 0.217. The van der Waals surface area contributed by atoms with Crippen LogP contribution in [0.25, 0.3) is 0 Å². The Bertz CT molecular complexity index is 1030. The molecule has 1 atom stereocenters. The van der Waals surface area contributed by atoms with E-state index in [9.17, 15) is 9.59 Å². The molecule has 6 nitrogen and oxygen atoms in total. The second kappa shape index (κ2) is 9.19. The highest BCUT2D eigenvalue weighted by Crippen LogP contribution is 2.32. The van der Waals surface area contributed by atoms with E-state index in [2.05, 4.69) is 45.2 Å². The number of nitrogens with zero attached hydrogens (tertiary/aromatic N) is 2. The molecule has 3 aromatic rings. The van der Waals surface area contributed by atoms with Gasteiger partial charge < -0.3 is 15.6 Å². The molecular formula is C23H24N4O2S. The summed E-state index contributed by atoms with van der Waals surface area (Å²) in [7, 11) is 0. The van der Waals surface area contributed by atoms with Gasteiger partial charge >= 0.3 is 0 Å². The van der Waals surface area contributed by atoms with Crippen molar-refractivity contribution in [1.29, 1.82) is 0 Å². The first kappa shape index (κ1) is 20.3. The van der Waals surface area contributed by atoms with Crippen LogP contribution in [0, 0.1) is 0 Å². The molecule has 0 aliphatic carbocycles. The van der Waals surface area contributed by atoms with E-state index in [1.807, 2.05) is 42.5 Å². The van der Waals surface area contributed by atoms with Gasteiger partial charge in [0, 0.05) is 29.9 Å². The topological polar surface area (TPSA) is 80.4 Å². The van der Waals surface area contributed by atoms with Crippen LogP contribution < -0.4 is 11.1 Å². The van der Waals surface area contributed by atoms with Gasteiger partial charge in [0.1, 0.15) is 0 Å². The smallest absolute Gasteiger partial charge is 0.238 e. The highest BCUT2D eigenvalue weighted by atomic mass is 32.2. The zero-order valence-corrected chi connectivity index (χ0v) is 17.3. The minimum Gasteiger partial charge on any atom is -0.369 e. The number of rotatable bonds is 7. The number of hydrogen-bond acceptors (Lipinski definition) is 4. The average molecular weight is 421 g/mol. The molecule has 1 aliphatic rings. The summed E-state index contributed by atoms with van der Waals surface area (Å²) < 4.78 is 2.25. The van der Waals surface area contributed by atoms with Gasteiger partial charge in [-0.3, -0.25) is 14.5 Å². The molecule has 0 spiro atoms. The third-order valence-corrected chi connectivity index (χ3v) is 6.23. The van der Waals surface area contributed by atoms with Crippen LogP contribution in [-0.4, -0.2) is 40.1 Å². The number of amides is 2. The molecule has 1 aliphatic heterocycles. The molecule has 30 heavy (non-hydrogen) atoms. The molecule has 0 bridgehead atoms. The zero-order valence-electron chi connectivity index (χ0n) is 16.5. The number of para-hydroxylation sites is 1. The number of thioether (sulfide) groups is 1. The summed E-state index contributed by atoms with van der Waals surface area (Å²) in [6, 6.07) is 21.9. The Kier molecular flexibility index (Phi) is 6.21. The first-order valence-corrected chi connectivity index (χ1v) is 10.8. The maximum absolute atomic E-state index is 12.9. The second-order valence-electron chi connectivity index (χ2n) is 7.21. The van der Waals surface area contributed by atoms with Crippen LogP contribution in [-0.2, 0) is 16.1 Å². The number of fused-ring (bicyclic) bond motifs is 1. The van der Waals surface area contributed by atoms with Crippen LogP contribution in [0.5, 0.6) is 0 Å². The van der Waals surface area contributed by atoms with Gasteiger partial charge in [-0.05, 0) is 29.8 Å². The fourth-order valence-corrected chi connectivity index (χ4v) is 4.58. The third-order valence-electron chi connectivity index (χ3n) is 5.13. The number of aromatic nitrogens is 1. The Labute approximate surface area is 180 Å². The Morgan fingerprint density at radius 2 is 1.77 bits per heavy atom. The monoisotopic (exact) mass is 420 g/mol. The molecule has 2 heterocycles. The van der Waals surface area contributed by atoms with Gasteiger partial charge in [0.2, 0.25) is 11.8 Å². The molecule has 3 N–H and O–H groups in total. The summed E-state index contributed by atoms with van der Waals surface area (Å²) in [5.74, 6) is -0.294. The summed E-state index contributed by atoms with van der Waals surface area (Å²) in [5.41, 5.74) is 8.32. The van der Waals surface area contributed by atoms with Crippen molar-refractivity contribution in [2.24, 2.45) is 5.73 Å². The van der Waals surface area contributed by atoms with E-state index >= 15 is 0 Å². The SMILES string of the molecule is NC(=O)CSc1ccccc1NC(=O)CN1CCn2cccc2C1c1ccccc1. The molecule has 2 aromatic carbocycles. The number of anilines is 1. The van der Waals surface area contributed by atoms with Crippen LogP contribution in [0.1, 0.15) is 17.3 Å². The normalized spacial score (nSPS) is 16.1. The zero-order chi connectivity index (χ0) is 20.9. The number of benzene rings is 2. The van der Waals surface area contributed by atoms with Crippen LogP contribution >= 0.6 is 11.8 Å². The predicted octanol–water partition coefficient (Wildman–Crippen LogP) is 3.11. The second-order valence-corrected chi connectivity index (χ2v) is 8.23. The van der Waals surface area contributed by atoms with Gasteiger partial charge in [-0.25, -0.2) is 0 Å². The Morgan fingerprint density at radius 1 is 1.00 bits per heavy atom. The predicted molar refractivity (Wildman–Crippen MR) is 119 cm³/mol. The molecule has 1 aromatic heterocycles. The van der Waals surface area contributed by atoms with Crippen molar-refractivity contribution in [1.82, 2.24) is 9.47 Å². The minimum absolute atomic E-state index is 0.0279. The Balaban J connectivity index is 1.51. The van der Waals surface area contributed by atoms with Gasteiger partial charge in [0.05, 0.1) is 24.0 Å². The number of nitrogens with two attached hydrogens (primary N) is 1. The molecule has 0 saturated heterocycles. The van der Waals surface area contributed by atoms with Gasteiger partial charge in [-0.15, -0.1) is 11.8 Å². The lowest BCUT2D eigenvalue weighted by Gasteiger charge is -2.36. The van der Waals surface area contributed by atoms with E-state index < -0.39 is 0 Å². The molecular weight excluding hydrogens is 396 g/mol. The van der Waals surface area contributed by atoms with Crippen molar-refractivity contribution >= 4 is 29.3 Å². The van der Waals surface area contributed by atoms with E-state index in [0.717, 1.165) is 18.0 Å². The van der Waals surface area contributed by atoms with Crippen molar-refractivity contribution in [2.45, 2.75) is 17.5 Å². The summed E-state index contributed by atoms with van der Waals surface area (Å²) in [4.78, 5) is 27.1. The maximum Gasteiger partial charge on any atom is 0.238 e. The average Bonchev–Trinajstić information content (AvgIpc) is 3.22. The molecule has 0 fully saturated rings. The fourth-order valence-electron chi connectivity index (χ4n) is 3.84. The highest BCUT2D eigenvalue weighted by molar-refractivity contribution is 8.00. The minimum atomic E-state index is -0.386. The van der Waals surface area contributed by atoms with Crippen molar-refractivity contribution in [3.05, 3.63) is 84.2 Å². The van der Waals surface area contributed by atoms with Crippen molar-refractivity contribution in [3.63, 3.8) is 0 Å². The standard InChI is InChI=1S/C23H24N4O2S/c24-21(28)16-30-20-11-5-4-9-18(20)25-22(29)15-27-14-13-26-12-6-10-19(26)23(27)17-7-2-1-3-8-17/h1-12,23H,13-16H2,(H2,24,28)(H,25,29). The van der Waals surface area contributed by atoms with Gasteiger partial charge in [0.15, 0.2) is 0 Å². The molecule has 1 unspecified atom stereocenters.